The molecule has 0 aliphatic carbocycles. The number of fused-ring (bicyclic) bond motifs is 1. The molecule has 1 fully saturated rings. The SMILES string of the molecule is CN(C(=O)COC(=O)c1nn(-c2ccccc2)c(=O)c2ccccc12)C1CCS(=O)(=O)C1. The summed E-state index contributed by atoms with van der Waals surface area (Å²) in [7, 11) is -1.66. The van der Waals surface area contributed by atoms with E-state index in [1.165, 1.54) is 11.9 Å². The summed E-state index contributed by atoms with van der Waals surface area (Å²) in [5, 5.41) is 4.82. The van der Waals surface area contributed by atoms with Gasteiger partial charge < -0.3 is 9.64 Å². The average Bonchev–Trinajstić information content (AvgIpc) is 3.17. The Morgan fingerprint density at radius 3 is 2.41 bits per heavy atom. The molecule has 1 aromatic heterocycles. The van der Waals surface area contributed by atoms with Crippen LogP contribution in [0.1, 0.15) is 16.9 Å². The van der Waals surface area contributed by atoms with Gasteiger partial charge in [0.15, 0.2) is 22.1 Å². The molecular weight excluding hydrogens is 434 g/mol. The molecule has 1 aliphatic heterocycles. The van der Waals surface area contributed by atoms with E-state index in [1.807, 2.05) is 0 Å². The second-order valence-electron chi connectivity index (χ2n) is 7.58. The molecule has 0 radical (unpaired) electrons. The van der Waals surface area contributed by atoms with Crippen LogP contribution in [-0.4, -0.2) is 66.2 Å². The number of carbonyl (C=O) groups excluding carboxylic acids is 2. The third-order valence-corrected chi connectivity index (χ3v) is 7.23. The van der Waals surface area contributed by atoms with Crippen molar-refractivity contribution in [3.05, 3.63) is 70.6 Å². The number of ether oxygens (including phenoxy) is 1. The van der Waals surface area contributed by atoms with Crippen molar-refractivity contribution in [2.45, 2.75) is 12.5 Å². The fourth-order valence-electron chi connectivity index (χ4n) is 3.67. The number of hydrogen-bond acceptors (Lipinski definition) is 7. The van der Waals surface area contributed by atoms with Gasteiger partial charge in [-0.25, -0.2) is 13.2 Å². The van der Waals surface area contributed by atoms with E-state index >= 15 is 0 Å². The van der Waals surface area contributed by atoms with E-state index in [-0.39, 0.29) is 28.1 Å². The number of aromatic nitrogens is 2. The van der Waals surface area contributed by atoms with Crippen LogP contribution < -0.4 is 5.56 Å². The highest BCUT2D eigenvalue weighted by molar-refractivity contribution is 7.91. The first kappa shape index (κ1) is 21.7. The van der Waals surface area contributed by atoms with Crippen molar-refractivity contribution >= 4 is 32.5 Å². The molecule has 2 heterocycles. The van der Waals surface area contributed by atoms with Gasteiger partial charge in [0, 0.05) is 18.5 Å². The number of carbonyl (C=O) groups is 2. The summed E-state index contributed by atoms with van der Waals surface area (Å²) in [6, 6.07) is 14.8. The molecule has 1 saturated heterocycles. The number of nitrogens with zero attached hydrogens (tertiary/aromatic N) is 3. The van der Waals surface area contributed by atoms with Gasteiger partial charge in [-0.1, -0.05) is 36.4 Å². The number of para-hydroxylation sites is 1. The quantitative estimate of drug-likeness (QED) is 0.531. The Labute approximate surface area is 184 Å². The van der Waals surface area contributed by atoms with Crippen molar-refractivity contribution < 1.29 is 22.7 Å². The summed E-state index contributed by atoms with van der Waals surface area (Å²) >= 11 is 0. The van der Waals surface area contributed by atoms with Crippen LogP contribution in [-0.2, 0) is 19.4 Å². The molecule has 1 atom stereocenters. The van der Waals surface area contributed by atoms with E-state index in [4.69, 9.17) is 4.74 Å². The number of likely N-dealkylation sites (N-methyl/N-ethyl adjacent to an activating group) is 1. The van der Waals surface area contributed by atoms with E-state index in [1.54, 1.807) is 54.6 Å². The maximum absolute atomic E-state index is 12.9. The molecule has 0 N–H and O–H groups in total. The minimum Gasteiger partial charge on any atom is -0.451 e. The van der Waals surface area contributed by atoms with E-state index in [9.17, 15) is 22.8 Å². The first-order valence-corrected chi connectivity index (χ1v) is 11.8. The summed E-state index contributed by atoms with van der Waals surface area (Å²) in [6.45, 7) is -0.563. The smallest absolute Gasteiger partial charge is 0.359 e. The first-order valence-electron chi connectivity index (χ1n) is 9.97. The molecule has 1 unspecified atom stereocenters. The molecule has 0 bridgehead atoms. The lowest BCUT2D eigenvalue weighted by Gasteiger charge is -2.23. The van der Waals surface area contributed by atoms with Crippen molar-refractivity contribution in [1.82, 2.24) is 14.7 Å². The summed E-state index contributed by atoms with van der Waals surface area (Å²) < 4.78 is 29.6. The fraction of sp³-hybridized carbons (Fsp3) is 0.273. The lowest BCUT2D eigenvalue weighted by molar-refractivity contribution is -0.134. The monoisotopic (exact) mass is 455 g/mol. The van der Waals surface area contributed by atoms with Gasteiger partial charge in [0.2, 0.25) is 0 Å². The highest BCUT2D eigenvalue weighted by Gasteiger charge is 2.33. The lowest BCUT2D eigenvalue weighted by atomic mass is 10.1. The van der Waals surface area contributed by atoms with Crippen LogP contribution >= 0.6 is 0 Å². The standard InChI is InChI=1S/C22H21N3O6S/c1-24(16-11-12-32(29,30)14-16)19(26)13-31-22(28)20-17-9-5-6-10-18(17)21(27)25(23-20)15-7-3-2-4-8-15/h2-10,16H,11-14H2,1H3. The van der Waals surface area contributed by atoms with Crippen LogP contribution in [0.4, 0.5) is 0 Å². The Morgan fingerprint density at radius 1 is 1.09 bits per heavy atom. The normalized spacial score (nSPS) is 17.2. The fourth-order valence-corrected chi connectivity index (χ4v) is 5.44. The minimum atomic E-state index is -3.15. The van der Waals surface area contributed by atoms with Gasteiger partial charge in [-0.3, -0.25) is 9.59 Å². The second kappa shape index (κ2) is 8.54. The van der Waals surface area contributed by atoms with Crippen molar-refractivity contribution in [3.63, 3.8) is 0 Å². The van der Waals surface area contributed by atoms with Crippen LogP contribution in [0.5, 0.6) is 0 Å². The van der Waals surface area contributed by atoms with E-state index in [0.717, 1.165) is 4.68 Å². The molecule has 9 nitrogen and oxygen atoms in total. The summed E-state index contributed by atoms with van der Waals surface area (Å²) in [5.41, 5.74) is 0.000100. The predicted molar refractivity (Wildman–Crippen MR) is 117 cm³/mol. The number of esters is 1. The maximum atomic E-state index is 12.9. The molecule has 3 aromatic rings. The maximum Gasteiger partial charge on any atom is 0.359 e. The van der Waals surface area contributed by atoms with Gasteiger partial charge in [0.25, 0.3) is 11.5 Å². The molecule has 1 amide bonds. The first-order chi connectivity index (χ1) is 15.3. The average molecular weight is 455 g/mol. The summed E-state index contributed by atoms with van der Waals surface area (Å²) in [4.78, 5) is 39.5. The van der Waals surface area contributed by atoms with Crippen LogP contribution in [0.3, 0.4) is 0 Å². The van der Waals surface area contributed by atoms with Crippen molar-refractivity contribution in [2.75, 3.05) is 25.2 Å². The molecule has 4 rings (SSSR count). The van der Waals surface area contributed by atoms with Crippen LogP contribution in [0.15, 0.2) is 59.4 Å². The van der Waals surface area contributed by atoms with Crippen LogP contribution in [0.2, 0.25) is 0 Å². The predicted octanol–water partition coefficient (Wildman–Crippen LogP) is 1.19. The molecule has 32 heavy (non-hydrogen) atoms. The van der Waals surface area contributed by atoms with E-state index in [2.05, 4.69) is 5.10 Å². The number of amides is 1. The number of sulfone groups is 1. The van der Waals surface area contributed by atoms with Crippen LogP contribution in [0, 0.1) is 0 Å². The third-order valence-electron chi connectivity index (χ3n) is 5.48. The van der Waals surface area contributed by atoms with Gasteiger partial charge >= 0.3 is 5.97 Å². The summed E-state index contributed by atoms with van der Waals surface area (Å²) in [5.74, 6) is -1.43. The van der Waals surface area contributed by atoms with E-state index in [0.29, 0.717) is 17.5 Å². The highest BCUT2D eigenvalue weighted by atomic mass is 32.2. The van der Waals surface area contributed by atoms with Crippen molar-refractivity contribution in [2.24, 2.45) is 0 Å². The van der Waals surface area contributed by atoms with Gasteiger partial charge in [0.05, 0.1) is 22.6 Å². The number of benzene rings is 2. The Morgan fingerprint density at radius 2 is 1.75 bits per heavy atom. The zero-order valence-electron chi connectivity index (χ0n) is 17.3. The molecule has 1 aliphatic rings. The second-order valence-corrected chi connectivity index (χ2v) is 9.81. The van der Waals surface area contributed by atoms with Crippen molar-refractivity contribution in [1.29, 1.82) is 0 Å². The Balaban J connectivity index is 1.59. The number of hydrogen-bond donors (Lipinski definition) is 0. The number of rotatable bonds is 5. The third kappa shape index (κ3) is 4.26. The van der Waals surface area contributed by atoms with Gasteiger partial charge in [0.1, 0.15) is 0 Å². The van der Waals surface area contributed by atoms with Crippen LogP contribution in [0.25, 0.3) is 16.5 Å². The Kier molecular flexibility index (Phi) is 5.79. The Bertz CT molecular complexity index is 1350. The molecule has 0 spiro atoms. The van der Waals surface area contributed by atoms with Crippen molar-refractivity contribution in [3.8, 4) is 5.69 Å². The Hall–Kier alpha value is -3.53. The molecular formula is C22H21N3O6S. The molecule has 0 saturated carbocycles. The highest BCUT2D eigenvalue weighted by Crippen LogP contribution is 2.18. The molecule has 166 valence electrons. The van der Waals surface area contributed by atoms with Gasteiger partial charge in [-0.15, -0.1) is 0 Å². The largest absolute Gasteiger partial charge is 0.451 e. The zero-order chi connectivity index (χ0) is 22.9. The minimum absolute atomic E-state index is 0.0337. The zero-order valence-corrected chi connectivity index (χ0v) is 18.1. The van der Waals surface area contributed by atoms with Gasteiger partial charge in [-0.2, -0.15) is 9.78 Å². The van der Waals surface area contributed by atoms with Gasteiger partial charge in [-0.05, 0) is 24.6 Å². The lowest BCUT2D eigenvalue weighted by Crippen LogP contribution is -2.40. The van der Waals surface area contributed by atoms with E-state index < -0.39 is 34.4 Å². The molecule has 10 heteroatoms. The topological polar surface area (TPSA) is 116 Å². The summed E-state index contributed by atoms with van der Waals surface area (Å²) in [6.07, 6.45) is 0.354. The molecule has 2 aromatic carbocycles.